The van der Waals surface area contributed by atoms with E-state index in [1.807, 2.05) is 13.8 Å². The van der Waals surface area contributed by atoms with Crippen molar-refractivity contribution in [1.82, 2.24) is 19.8 Å². The standard InChI is InChI=1S/C20H18N4O5S/c1-12(2)18(20-22-19(23-29-20)14-4-3-9-21-11-14)24-30(26,27)15-6-7-16-13(10-15)5-8-17(25)28-16/h3-12,18,24H,1-2H3. The molecule has 4 aromatic rings. The molecule has 3 aromatic heterocycles. The highest BCUT2D eigenvalue weighted by molar-refractivity contribution is 7.89. The van der Waals surface area contributed by atoms with Crippen LogP contribution in [0.1, 0.15) is 25.8 Å². The van der Waals surface area contributed by atoms with E-state index < -0.39 is 21.7 Å². The zero-order valence-corrected chi connectivity index (χ0v) is 17.0. The van der Waals surface area contributed by atoms with Crippen LogP contribution in [-0.4, -0.2) is 23.5 Å². The Bertz CT molecular complexity index is 1350. The summed E-state index contributed by atoms with van der Waals surface area (Å²) in [6.07, 6.45) is 3.22. The smallest absolute Gasteiger partial charge is 0.336 e. The third kappa shape index (κ3) is 4.00. The van der Waals surface area contributed by atoms with E-state index >= 15 is 0 Å². The fourth-order valence-corrected chi connectivity index (χ4v) is 4.27. The van der Waals surface area contributed by atoms with Gasteiger partial charge in [0.15, 0.2) is 0 Å². The number of fused-ring (bicyclic) bond motifs is 1. The lowest BCUT2D eigenvalue weighted by Crippen LogP contribution is -2.32. The van der Waals surface area contributed by atoms with Gasteiger partial charge in [-0.1, -0.05) is 19.0 Å². The van der Waals surface area contributed by atoms with E-state index in [9.17, 15) is 13.2 Å². The molecule has 1 aromatic carbocycles. The Labute approximate surface area is 171 Å². The quantitative estimate of drug-likeness (QED) is 0.466. The predicted molar refractivity (Wildman–Crippen MR) is 108 cm³/mol. The molecule has 10 heteroatoms. The van der Waals surface area contributed by atoms with Gasteiger partial charge in [-0.2, -0.15) is 9.71 Å². The molecule has 0 aliphatic heterocycles. The predicted octanol–water partition coefficient (Wildman–Crippen LogP) is 2.91. The number of sulfonamides is 1. The Kier molecular flexibility index (Phi) is 5.18. The minimum absolute atomic E-state index is 0.0292. The number of nitrogens with one attached hydrogen (secondary N) is 1. The van der Waals surface area contributed by atoms with Gasteiger partial charge in [0.1, 0.15) is 11.6 Å². The zero-order valence-electron chi connectivity index (χ0n) is 16.1. The van der Waals surface area contributed by atoms with Gasteiger partial charge in [0.25, 0.3) is 0 Å². The summed E-state index contributed by atoms with van der Waals surface area (Å²) in [4.78, 5) is 19.7. The molecule has 0 spiro atoms. The van der Waals surface area contributed by atoms with E-state index in [1.165, 1.54) is 30.3 Å². The molecule has 1 unspecified atom stereocenters. The molecule has 0 aliphatic rings. The monoisotopic (exact) mass is 426 g/mol. The van der Waals surface area contributed by atoms with Crippen molar-refractivity contribution in [2.24, 2.45) is 5.92 Å². The first-order chi connectivity index (χ1) is 14.3. The molecule has 154 valence electrons. The second-order valence-corrected chi connectivity index (χ2v) is 8.71. The van der Waals surface area contributed by atoms with Crippen LogP contribution in [0.5, 0.6) is 0 Å². The summed E-state index contributed by atoms with van der Waals surface area (Å²) in [6, 6.07) is 9.80. The summed E-state index contributed by atoms with van der Waals surface area (Å²) < 4.78 is 39.0. The molecule has 3 heterocycles. The van der Waals surface area contributed by atoms with Crippen molar-refractivity contribution >= 4 is 21.0 Å². The highest BCUT2D eigenvalue weighted by Gasteiger charge is 2.29. The number of pyridine rings is 1. The summed E-state index contributed by atoms with van der Waals surface area (Å²) in [5, 5.41) is 4.43. The first-order valence-electron chi connectivity index (χ1n) is 9.14. The summed E-state index contributed by atoms with van der Waals surface area (Å²) >= 11 is 0. The van der Waals surface area contributed by atoms with Gasteiger partial charge < -0.3 is 8.94 Å². The molecule has 0 saturated carbocycles. The first-order valence-corrected chi connectivity index (χ1v) is 10.6. The topological polar surface area (TPSA) is 128 Å². The van der Waals surface area contributed by atoms with Gasteiger partial charge >= 0.3 is 5.63 Å². The number of nitrogens with zero attached hydrogens (tertiary/aromatic N) is 3. The van der Waals surface area contributed by atoms with Gasteiger partial charge in [0, 0.05) is 29.4 Å². The lowest BCUT2D eigenvalue weighted by Gasteiger charge is -2.18. The summed E-state index contributed by atoms with van der Waals surface area (Å²) in [6.45, 7) is 3.69. The van der Waals surface area contributed by atoms with Crippen LogP contribution in [0.25, 0.3) is 22.4 Å². The van der Waals surface area contributed by atoms with Crippen LogP contribution in [0.4, 0.5) is 0 Å². The fraction of sp³-hybridized carbons (Fsp3) is 0.200. The molecule has 1 N–H and O–H groups in total. The molecule has 0 aliphatic carbocycles. The molecular weight excluding hydrogens is 408 g/mol. The summed E-state index contributed by atoms with van der Waals surface area (Å²) in [7, 11) is -3.92. The van der Waals surface area contributed by atoms with Gasteiger partial charge in [-0.15, -0.1) is 0 Å². The van der Waals surface area contributed by atoms with Crippen LogP contribution < -0.4 is 10.3 Å². The Morgan fingerprint density at radius 1 is 1.10 bits per heavy atom. The maximum Gasteiger partial charge on any atom is 0.336 e. The van der Waals surface area contributed by atoms with Crippen molar-refractivity contribution in [1.29, 1.82) is 0 Å². The third-order valence-corrected chi connectivity index (χ3v) is 5.92. The SMILES string of the molecule is CC(C)C(NS(=O)(=O)c1ccc2oc(=O)ccc2c1)c1nc(-c2cccnc2)no1. The lowest BCUT2D eigenvalue weighted by atomic mass is 10.1. The first kappa shape index (κ1) is 19.9. The van der Waals surface area contributed by atoms with E-state index in [4.69, 9.17) is 8.94 Å². The summed E-state index contributed by atoms with van der Waals surface area (Å²) in [5.74, 6) is 0.309. The van der Waals surface area contributed by atoms with E-state index in [2.05, 4.69) is 19.8 Å². The molecule has 30 heavy (non-hydrogen) atoms. The Morgan fingerprint density at radius 3 is 2.67 bits per heavy atom. The van der Waals surface area contributed by atoms with Crippen LogP contribution >= 0.6 is 0 Å². The molecule has 9 nitrogen and oxygen atoms in total. The van der Waals surface area contributed by atoms with Crippen LogP contribution in [-0.2, 0) is 10.0 Å². The van der Waals surface area contributed by atoms with Gasteiger partial charge in [-0.05, 0) is 42.3 Å². The largest absolute Gasteiger partial charge is 0.423 e. The van der Waals surface area contributed by atoms with E-state index in [1.54, 1.807) is 24.5 Å². The normalized spacial score (nSPS) is 13.0. The Balaban J connectivity index is 1.65. The van der Waals surface area contributed by atoms with Crippen molar-refractivity contribution in [3.63, 3.8) is 0 Å². The Morgan fingerprint density at radius 2 is 1.93 bits per heavy atom. The van der Waals surface area contributed by atoms with E-state index in [0.717, 1.165) is 0 Å². The second-order valence-electron chi connectivity index (χ2n) is 6.99. The molecule has 1 atom stereocenters. The van der Waals surface area contributed by atoms with Crippen molar-refractivity contribution in [3.8, 4) is 11.4 Å². The molecule has 0 fully saturated rings. The van der Waals surface area contributed by atoms with Crippen molar-refractivity contribution in [2.75, 3.05) is 0 Å². The molecular formula is C20H18N4O5S. The average molecular weight is 426 g/mol. The minimum Gasteiger partial charge on any atom is -0.423 e. The van der Waals surface area contributed by atoms with Crippen LogP contribution in [0.15, 0.2) is 73.5 Å². The van der Waals surface area contributed by atoms with Gasteiger partial charge in [-0.25, -0.2) is 13.2 Å². The number of aromatic nitrogens is 3. The van der Waals surface area contributed by atoms with Crippen LogP contribution in [0.2, 0.25) is 0 Å². The molecule has 4 rings (SSSR count). The van der Waals surface area contributed by atoms with E-state index in [-0.39, 0.29) is 16.7 Å². The van der Waals surface area contributed by atoms with Gasteiger partial charge in [0.2, 0.25) is 21.7 Å². The van der Waals surface area contributed by atoms with Crippen LogP contribution in [0, 0.1) is 5.92 Å². The summed E-state index contributed by atoms with van der Waals surface area (Å²) in [5.41, 5.74) is 0.464. The molecule has 0 radical (unpaired) electrons. The van der Waals surface area contributed by atoms with Gasteiger partial charge in [0.05, 0.1) is 4.90 Å². The second kappa shape index (κ2) is 7.81. The number of benzene rings is 1. The average Bonchev–Trinajstić information content (AvgIpc) is 3.22. The maximum atomic E-state index is 13.0. The van der Waals surface area contributed by atoms with Gasteiger partial charge in [-0.3, -0.25) is 4.98 Å². The lowest BCUT2D eigenvalue weighted by molar-refractivity contribution is 0.311. The van der Waals surface area contributed by atoms with Crippen molar-refractivity contribution in [2.45, 2.75) is 24.8 Å². The molecule has 0 bridgehead atoms. The third-order valence-electron chi connectivity index (χ3n) is 4.48. The molecule has 0 saturated heterocycles. The number of rotatable bonds is 6. The van der Waals surface area contributed by atoms with Crippen LogP contribution in [0.3, 0.4) is 0 Å². The van der Waals surface area contributed by atoms with Crippen molar-refractivity contribution < 1.29 is 17.4 Å². The Hall–Kier alpha value is -3.37. The number of hydrogen-bond donors (Lipinski definition) is 1. The highest BCUT2D eigenvalue weighted by atomic mass is 32.2. The van der Waals surface area contributed by atoms with Crippen molar-refractivity contribution in [3.05, 3.63) is 71.2 Å². The fourth-order valence-electron chi connectivity index (χ4n) is 2.90. The number of hydrogen-bond acceptors (Lipinski definition) is 8. The highest BCUT2D eigenvalue weighted by Crippen LogP contribution is 2.26. The molecule has 0 amide bonds. The van der Waals surface area contributed by atoms with E-state index in [0.29, 0.717) is 22.4 Å². The minimum atomic E-state index is -3.92. The zero-order chi connectivity index (χ0) is 21.3. The maximum absolute atomic E-state index is 13.0.